The second-order valence-electron chi connectivity index (χ2n) is 11.7. The van der Waals surface area contributed by atoms with Crippen LogP contribution in [0.3, 0.4) is 0 Å². The average Bonchev–Trinajstić information content (AvgIpc) is 3.19. The summed E-state index contributed by atoms with van der Waals surface area (Å²) < 4.78 is 0. The van der Waals surface area contributed by atoms with Gasteiger partial charge in [-0.3, -0.25) is 14.8 Å². The van der Waals surface area contributed by atoms with Crippen LogP contribution in [0.25, 0.3) is 0 Å². The Morgan fingerprint density at radius 3 is 2.31 bits per heavy atom. The molecule has 1 unspecified atom stereocenters. The van der Waals surface area contributed by atoms with E-state index in [9.17, 15) is 9.59 Å². The number of aryl methyl sites for hydroxylation is 1. The van der Waals surface area contributed by atoms with Gasteiger partial charge in [-0.1, -0.05) is 55.5 Å². The quantitative estimate of drug-likeness (QED) is 0.221. The Hall–Kier alpha value is -4.98. The zero-order valence-corrected chi connectivity index (χ0v) is 25.7. The number of piperidine rings is 1. The number of carbonyl (C=O) groups excluding carboxylic acids is 2. The maximum atomic E-state index is 13.8. The molecule has 3 amide bonds. The molecule has 8 heteroatoms. The van der Waals surface area contributed by atoms with E-state index in [-0.39, 0.29) is 5.91 Å². The summed E-state index contributed by atoms with van der Waals surface area (Å²) in [6.07, 6.45) is 7.10. The van der Waals surface area contributed by atoms with Gasteiger partial charge in [0, 0.05) is 54.7 Å². The molecule has 6 rings (SSSR count). The number of aromatic nitrogens is 1. The standard InChI is InChI=1S/C37H40N6O2/c1-2-24-43-34-11-7-6-10-32(34)33(17-12-27-8-4-3-5-9-27)40-35(36(43)44)41-37(45)39-30-13-15-31(16-14-30)42-25-20-29(21-26-42)28-18-22-38-23-19-28/h3-11,13-16,18-19,22-23,29,35H,2,12,17,20-21,24-26H2,1H3,(H2,39,41,45). The van der Waals surface area contributed by atoms with E-state index in [1.165, 1.54) is 11.1 Å². The fourth-order valence-corrected chi connectivity index (χ4v) is 6.31. The van der Waals surface area contributed by atoms with Gasteiger partial charge < -0.3 is 20.4 Å². The van der Waals surface area contributed by atoms with Crippen LogP contribution in [0.1, 0.15) is 55.2 Å². The molecule has 230 valence electrons. The number of anilines is 3. The minimum atomic E-state index is -1.03. The number of rotatable bonds is 9. The van der Waals surface area contributed by atoms with Crippen molar-refractivity contribution in [1.29, 1.82) is 0 Å². The first-order chi connectivity index (χ1) is 22.1. The van der Waals surface area contributed by atoms with Crippen LogP contribution >= 0.6 is 0 Å². The first kappa shape index (κ1) is 30.1. The lowest BCUT2D eigenvalue weighted by Crippen LogP contribution is -2.48. The largest absolute Gasteiger partial charge is 0.371 e. The summed E-state index contributed by atoms with van der Waals surface area (Å²) in [4.78, 5) is 40.2. The Bertz CT molecular complexity index is 1620. The van der Waals surface area contributed by atoms with Crippen LogP contribution in [0, 0.1) is 0 Å². The number of hydrogen-bond acceptors (Lipinski definition) is 5. The van der Waals surface area contributed by atoms with Gasteiger partial charge in [0.05, 0.1) is 5.69 Å². The van der Waals surface area contributed by atoms with E-state index in [0.29, 0.717) is 24.6 Å². The molecule has 0 spiro atoms. The number of benzene rings is 3. The number of nitrogens with zero attached hydrogens (tertiary/aromatic N) is 4. The Morgan fingerprint density at radius 1 is 0.867 bits per heavy atom. The highest BCUT2D eigenvalue weighted by Crippen LogP contribution is 2.31. The van der Waals surface area contributed by atoms with Crippen molar-refractivity contribution in [2.45, 2.75) is 51.1 Å². The molecule has 0 bridgehead atoms. The van der Waals surface area contributed by atoms with Crippen molar-refractivity contribution in [3.63, 3.8) is 0 Å². The summed E-state index contributed by atoms with van der Waals surface area (Å²) in [5.41, 5.74) is 6.92. The number of urea groups is 1. The van der Waals surface area contributed by atoms with Crippen LogP contribution in [0.2, 0.25) is 0 Å². The molecule has 1 fully saturated rings. The maximum absolute atomic E-state index is 13.8. The molecular weight excluding hydrogens is 560 g/mol. The third kappa shape index (κ3) is 7.23. The molecule has 0 saturated carbocycles. The second-order valence-corrected chi connectivity index (χ2v) is 11.7. The van der Waals surface area contributed by atoms with Crippen molar-refractivity contribution in [2.75, 3.05) is 34.8 Å². The minimum Gasteiger partial charge on any atom is -0.371 e. The predicted molar refractivity (Wildman–Crippen MR) is 181 cm³/mol. The predicted octanol–water partition coefficient (Wildman–Crippen LogP) is 6.79. The van der Waals surface area contributed by atoms with E-state index >= 15 is 0 Å². The molecule has 2 aliphatic rings. The number of fused-ring (bicyclic) bond motifs is 1. The third-order valence-corrected chi connectivity index (χ3v) is 8.66. The molecule has 3 heterocycles. The van der Waals surface area contributed by atoms with Crippen molar-refractivity contribution in [2.24, 2.45) is 4.99 Å². The van der Waals surface area contributed by atoms with E-state index in [4.69, 9.17) is 4.99 Å². The van der Waals surface area contributed by atoms with Crippen LogP contribution in [0.15, 0.2) is 108 Å². The minimum absolute atomic E-state index is 0.236. The van der Waals surface area contributed by atoms with Gasteiger partial charge in [-0.15, -0.1) is 0 Å². The van der Waals surface area contributed by atoms with Gasteiger partial charge in [0.25, 0.3) is 5.91 Å². The lowest BCUT2D eigenvalue weighted by Gasteiger charge is -2.34. The zero-order chi connectivity index (χ0) is 31.0. The van der Waals surface area contributed by atoms with E-state index < -0.39 is 12.2 Å². The van der Waals surface area contributed by atoms with Crippen LogP contribution in [-0.2, 0) is 11.2 Å². The molecule has 4 aromatic rings. The maximum Gasteiger partial charge on any atom is 0.321 e. The lowest BCUT2D eigenvalue weighted by atomic mass is 9.90. The molecule has 45 heavy (non-hydrogen) atoms. The topological polar surface area (TPSA) is 89.9 Å². The van der Waals surface area contributed by atoms with Crippen molar-refractivity contribution in [1.82, 2.24) is 10.3 Å². The number of aliphatic imine (C=N–C) groups is 1. The molecular formula is C37H40N6O2. The number of nitrogens with one attached hydrogen (secondary N) is 2. The molecule has 1 saturated heterocycles. The van der Waals surface area contributed by atoms with Gasteiger partial charge in [0.2, 0.25) is 6.17 Å². The monoisotopic (exact) mass is 600 g/mol. The number of benzodiazepines with no additional fused rings is 1. The Kier molecular flexibility index (Phi) is 9.49. The van der Waals surface area contributed by atoms with Gasteiger partial charge in [0.15, 0.2) is 0 Å². The van der Waals surface area contributed by atoms with Crippen molar-refractivity contribution < 1.29 is 9.59 Å². The highest BCUT2D eigenvalue weighted by molar-refractivity contribution is 6.13. The van der Waals surface area contributed by atoms with Crippen LogP contribution in [0.5, 0.6) is 0 Å². The molecule has 8 nitrogen and oxygen atoms in total. The summed E-state index contributed by atoms with van der Waals surface area (Å²) in [6, 6.07) is 29.8. The lowest BCUT2D eigenvalue weighted by molar-refractivity contribution is -0.120. The van der Waals surface area contributed by atoms with Gasteiger partial charge in [-0.25, -0.2) is 4.79 Å². The first-order valence-electron chi connectivity index (χ1n) is 15.9. The number of carbonyl (C=O) groups is 2. The number of pyridine rings is 1. The molecule has 3 aromatic carbocycles. The average molecular weight is 601 g/mol. The summed E-state index contributed by atoms with van der Waals surface area (Å²) in [7, 11) is 0. The second kappa shape index (κ2) is 14.2. The highest BCUT2D eigenvalue weighted by atomic mass is 16.2. The smallest absolute Gasteiger partial charge is 0.321 e. The van der Waals surface area contributed by atoms with Crippen molar-refractivity contribution in [3.8, 4) is 0 Å². The van der Waals surface area contributed by atoms with E-state index in [1.807, 2.05) is 86.0 Å². The van der Waals surface area contributed by atoms with Crippen LogP contribution < -0.4 is 20.4 Å². The van der Waals surface area contributed by atoms with E-state index in [1.54, 1.807) is 4.90 Å². The Morgan fingerprint density at radius 2 is 1.58 bits per heavy atom. The van der Waals surface area contributed by atoms with E-state index in [2.05, 4.69) is 44.8 Å². The fraction of sp³-hybridized carbons (Fsp3) is 0.297. The number of hydrogen-bond donors (Lipinski definition) is 2. The van der Waals surface area contributed by atoms with Gasteiger partial charge >= 0.3 is 6.03 Å². The third-order valence-electron chi connectivity index (χ3n) is 8.66. The molecule has 0 radical (unpaired) electrons. The Labute approximate surface area is 265 Å². The molecule has 0 aliphatic carbocycles. The van der Waals surface area contributed by atoms with E-state index in [0.717, 1.165) is 61.4 Å². The van der Waals surface area contributed by atoms with Gasteiger partial charge in [-0.2, -0.15) is 0 Å². The highest BCUT2D eigenvalue weighted by Gasteiger charge is 2.32. The number of amides is 3. The van der Waals surface area contributed by atoms with Gasteiger partial charge in [-0.05, 0) is 91.6 Å². The molecule has 1 atom stereocenters. The van der Waals surface area contributed by atoms with Crippen LogP contribution in [0.4, 0.5) is 21.9 Å². The molecule has 2 aliphatic heterocycles. The molecule has 1 aromatic heterocycles. The van der Waals surface area contributed by atoms with Crippen molar-refractivity contribution >= 4 is 34.7 Å². The number of para-hydroxylation sites is 1. The fourth-order valence-electron chi connectivity index (χ4n) is 6.31. The first-order valence-corrected chi connectivity index (χ1v) is 15.9. The van der Waals surface area contributed by atoms with Crippen LogP contribution in [-0.4, -0.2) is 48.4 Å². The summed E-state index contributed by atoms with van der Waals surface area (Å²) in [5, 5.41) is 5.78. The summed E-state index contributed by atoms with van der Waals surface area (Å²) >= 11 is 0. The summed E-state index contributed by atoms with van der Waals surface area (Å²) in [6.45, 7) is 4.54. The SMILES string of the molecule is CCCN1C(=O)C(NC(=O)Nc2ccc(N3CCC(c4ccncc4)CC3)cc2)N=C(CCc2ccccc2)c2ccccc21. The molecule has 2 N–H and O–H groups in total. The van der Waals surface area contributed by atoms with Crippen molar-refractivity contribution in [3.05, 3.63) is 120 Å². The normalized spacial score (nSPS) is 16.9. The Balaban J connectivity index is 1.13. The zero-order valence-electron chi connectivity index (χ0n) is 25.7. The van der Waals surface area contributed by atoms with Gasteiger partial charge in [0.1, 0.15) is 0 Å². The summed E-state index contributed by atoms with van der Waals surface area (Å²) in [5.74, 6) is 0.322.